The number of methoxy groups -OCH3 is 1. The lowest BCUT2D eigenvalue weighted by Crippen LogP contribution is -2.49. The number of carbonyl (C=O) groups excluding carboxylic acids is 1. The van der Waals surface area contributed by atoms with Gasteiger partial charge in [0.15, 0.2) is 5.78 Å². The van der Waals surface area contributed by atoms with Crippen LogP contribution in [0, 0.1) is 28.6 Å². The number of allylic oxidation sites excluding steroid dienone is 5. The summed E-state index contributed by atoms with van der Waals surface area (Å²) in [5, 5.41) is 0. The van der Waals surface area contributed by atoms with E-state index in [0.29, 0.717) is 23.5 Å². The van der Waals surface area contributed by atoms with Crippen LogP contribution in [-0.4, -0.2) is 12.9 Å². The fourth-order valence-corrected chi connectivity index (χ4v) is 6.20. The fourth-order valence-electron chi connectivity index (χ4n) is 6.20. The molecule has 2 heteroatoms. The average molecular weight is 312 g/mol. The highest BCUT2D eigenvalue weighted by atomic mass is 16.5. The first-order chi connectivity index (χ1) is 10.9. The lowest BCUT2D eigenvalue weighted by Gasteiger charge is -2.55. The molecule has 2 saturated carbocycles. The van der Waals surface area contributed by atoms with Gasteiger partial charge in [-0.25, -0.2) is 0 Å². The number of hydrogen-bond acceptors (Lipinski definition) is 2. The number of rotatable bonds is 1. The summed E-state index contributed by atoms with van der Waals surface area (Å²) in [6.07, 6.45) is 11.2. The Morgan fingerprint density at radius 3 is 2.74 bits per heavy atom. The molecule has 0 aliphatic heterocycles. The monoisotopic (exact) mass is 312 g/mol. The minimum Gasteiger partial charge on any atom is -0.501 e. The molecule has 0 aromatic carbocycles. The van der Waals surface area contributed by atoms with Gasteiger partial charge in [0.1, 0.15) is 0 Å². The van der Waals surface area contributed by atoms with Crippen molar-refractivity contribution < 1.29 is 9.53 Å². The van der Waals surface area contributed by atoms with Crippen molar-refractivity contribution in [2.24, 2.45) is 28.6 Å². The number of ether oxygens (including phenoxy) is 1. The molecule has 2 fully saturated rings. The molecule has 4 aliphatic rings. The zero-order valence-corrected chi connectivity index (χ0v) is 14.7. The molecule has 0 aromatic rings. The standard InChI is InChI=1S/C21H28O2/c1-13-11-18-16-6-5-14-12-15(23-4)7-9-20(14,2)17(16)8-10-21(18,3)19(13)22/h5,12,16-18H,1,6-11H2,2-4H3/t16-,17-,18+,20+,21+/m1/s1. The van der Waals surface area contributed by atoms with Crippen molar-refractivity contribution in [3.8, 4) is 0 Å². The van der Waals surface area contributed by atoms with Crippen LogP contribution in [0.3, 0.4) is 0 Å². The third kappa shape index (κ3) is 1.90. The molecule has 23 heavy (non-hydrogen) atoms. The second-order valence-corrected chi connectivity index (χ2v) is 8.60. The zero-order chi connectivity index (χ0) is 16.4. The van der Waals surface area contributed by atoms with Gasteiger partial charge in [0, 0.05) is 11.8 Å². The van der Waals surface area contributed by atoms with Crippen molar-refractivity contribution in [2.75, 3.05) is 7.11 Å². The van der Waals surface area contributed by atoms with E-state index in [2.05, 4.69) is 32.6 Å². The van der Waals surface area contributed by atoms with Crippen LogP contribution in [0.25, 0.3) is 0 Å². The van der Waals surface area contributed by atoms with Crippen LogP contribution < -0.4 is 0 Å². The van der Waals surface area contributed by atoms with Gasteiger partial charge in [-0.2, -0.15) is 0 Å². The molecule has 0 unspecified atom stereocenters. The van der Waals surface area contributed by atoms with Crippen molar-refractivity contribution in [3.63, 3.8) is 0 Å². The van der Waals surface area contributed by atoms with Gasteiger partial charge in [0.05, 0.1) is 12.9 Å². The van der Waals surface area contributed by atoms with Gasteiger partial charge in [-0.3, -0.25) is 4.79 Å². The minimum atomic E-state index is -0.137. The van der Waals surface area contributed by atoms with Gasteiger partial charge >= 0.3 is 0 Å². The molecule has 0 heterocycles. The molecule has 2 nitrogen and oxygen atoms in total. The first kappa shape index (κ1) is 15.2. The van der Waals surface area contributed by atoms with Gasteiger partial charge < -0.3 is 4.74 Å². The normalized spacial score (nSPS) is 45.6. The van der Waals surface area contributed by atoms with E-state index in [9.17, 15) is 4.79 Å². The Kier molecular flexibility index (Phi) is 3.21. The Bertz CT molecular complexity index is 640. The van der Waals surface area contributed by atoms with Crippen molar-refractivity contribution in [1.82, 2.24) is 0 Å². The number of carbonyl (C=O) groups is 1. The molecular formula is C21H28O2. The highest BCUT2D eigenvalue weighted by Crippen LogP contribution is 2.64. The van der Waals surface area contributed by atoms with Crippen molar-refractivity contribution in [3.05, 3.63) is 35.6 Å². The van der Waals surface area contributed by atoms with Gasteiger partial charge in [-0.15, -0.1) is 0 Å². The van der Waals surface area contributed by atoms with Crippen molar-refractivity contribution in [2.45, 2.75) is 52.4 Å². The summed E-state index contributed by atoms with van der Waals surface area (Å²) in [5.41, 5.74) is 2.48. The lowest BCUT2D eigenvalue weighted by atomic mass is 9.49. The zero-order valence-electron chi connectivity index (χ0n) is 14.7. The predicted octanol–water partition coefficient (Wildman–Crippen LogP) is 4.82. The summed E-state index contributed by atoms with van der Waals surface area (Å²) in [6.45, 7) is 8.73. The van der Waals surface area contributed by atoms with Gasteiger partial charge in [-0.1, -0.05) is 26.5 Å². The van der Waals surface area contributed by atoms with Gasteiger partial charge in [0.2, 0.25) is 0 Å². The van der Waals surface area contributed by atoms with Crippen LogP contribution in [0.15, 0.2) is 35.6 Å². The van der Waals surface area contributed by atoms with E-state index in [1.807, 2.05) is 0 Å². The summed E-state index contributed by atoms with van der Waals surface area (Å²) >= 11 is 0. The van der Waals surface area contributed by atoms with Crippen LogP contribution in [0.2, 0.25) is 0 Å². The Morgan fingerprint density at radius 2 is 2.00 bits per heavy atom. The van der Waals surface area contributed by atoms with E-state index in [1.165, 1.54) is 18.4 Å². The molecule has 4 aliphatic carbocycles. The molecule has 0 amide bonds. The molecular weight excluding hydrogens is 284 g/mol. The number of fused-ring (bicyclic) bond motifs is 5. The van der Waals surface area contributed by atoms with Crippen molar-refractivity contribution in [1.29, 1.82) is 0 Å². The second kappa shape index (κ2) is 4.84. The molecule has 0 bridgehead atoms. The highest BCUT2D eigenvalue weighted by molar-refractivity contribution is 6.02. The number of hydrogen-bond donors (Lipinski definition) is 0. The van der Waals surface area contributed by atoms with E-state index < -0.39 is 0 Å². The topological polar surface area (TPSA) is 26.3 Å². The molecule has 0 spiro atoms. The largest absolute Gasteiger partial charge is 0.501 e. The summed E-state index contributed by atoms with van der Waals surface area (Å²) in [7, 11) is 1.78. The first-order valence-electron chi connectivity index (χ1n) is 9.08. The summed E-state index contributed by atoms with van der Waals surface area (Å²) in [6, 6.07) is 0. The molecule has 0 N–H and O–H groups in total. The van der Waals surface area contributed by atoms with E-state index in [0.717, 1.165) is 37.0 Å². The van der Waals surface area contributed by atoms with Crippen LogP contribution in [0.5, 0.6) is 0 Å². The number of ketones is 1. The second-order valence-electron chi connectivity index (χ2n) is 8.60. The summed E-state index contributed by atoms with van der Waals surface area (Å²) in [5.74, 6) is 3.32. The maximum Gasteiger partial charge on any atom is 0.164 e. The highest BCUT2D eigenvalue weighted by Gasteiger charge is 2.59. The molecule has 124 valence electrons. The van der Waals surface area contributed by atoms with Crippen LogP contribution in [0.1, 0.15) is 52.4 Å². The minimum absolute atomic E-state index is 0.137. The Hall–Kier alpha value is -1.31. The maximum absolute atomic E-state index is 12.6. The van der Waals surface area contributed by atoms with Gasteiger partial charge in [0.25, 0.3) is 0 Å². The molecule has 5 atom stereocenters. The van der Waals surface area contributed by atoms with E-state index in [-0.39, 0.29) is 10.8 Å². The smallest absolute Gasteiger partial charge is 0.164 e. The van der Waals surface area contributed by atoms with Gasteiger partial charge in [-0.05, 0) is 72.5 Å². The molecule has 0 aromatic heterocycles. The van der Waals surface area contributed by atoms with E-state index in [1.54, 1.807) is 7.11 Å². The third-order valence-corrected chi connectivity index (χ3v) is 7.69. The number of Topliss-reactive ketones (excluding diaryl/α,β-unsaturated/α-hetero) is 1. The molecule has 0 saturated heterocycles. The Labute approximate surface area is 139 Å². The third-order valence-electron chi connectivity index (χ3n) is 7.69. The Morgan fingerprint density at radius 1 is 1.22 bits per heavy atom. The quantitative estimate of drug-likeness (QED) is 0.649. The van der Waals surface area contributed by atoms with Crippen molar-refractivity contribution >= 4 is 5.78 Å². The van der Waals surface area contributed by atoms with E-state index in [4.69, 9.17) is 4.74 Å². The van der Waals surface area contributed by atoms with Crippen LogP contribution in [0.4, 0.5) is 0 Å². The van der Waals surface area contributed by atoms with E-state index >= 15 is 0 Å². The summed E-state index contributed by atoms with van der Waals surface area (Å²) in [4.78, 5) is 12.6. The van der Waals surface area contributed by atoms with Crippen LogP contribution >= 0.6 is 0 Å². The van der Waals surface area contributed by atoms with Crippen LogP contribution in [-0.2, 0) is 9.53 Å². The SMILES string of the molecule is C=C1C[C@H]2[C@@H]3CC=C4C=C(OC)CC[C@]4(C)[C@@H]3CC[C@]2(C)C1=O. The average Bonchev–Trinajstić information content (AvgIpc) is 2.78. The Balaban J connectivity index is 1.72. The molecule has 0 radical (unpaired) electrons. The fraction of sp³-hybridized carbons (Fsp3) is 0.667. The first-order valence-corrected chi connectivity index (χ1v) is 9.08. The lowest BCUT2D eigenvalue weighted by molar-refractivity contribution is -0.129. The summed E-state index contributed by atoms with van der Waals surface area (Å²) < 4.78 is 5.50. The predicted molar refractivity (Wildman–Crippen MR) is 91.7 cm³/mol. The maximum atomic E-state index is 12.6. The molecule has 4 rings (SSSR count).